The topological polar surface area (TPSA) is 127 Å². The van der Waals surface area contributed by atoms with Gasteiger partial charge in [-0.1, -0.05) is 12.1 Å². The monoisotopic (exact) mass is 475 g/mol. The third-order valence-electron chi connectivity index (χ3n) is 5.41. The van der Waals surface area contributed by atoms with Gasteiger partial charge in [0, 0.05) is 48.6 Å². The highest BCUT2D eigenvalue weighted by Gasteiger charge is 2.35. The van der Waals surface area contributed by atoms with E-state index in [0.29, 0.717) is 29.8 Å². The summed E-state index contributed by atoms with van der Waals surface area (Å²) >= 11 is 0. The van der Waals surface area contributed by atoms with E-state index in [2.05, 4.69) is 15.4 Å². The Kier molecular flexibility index (Phi) is 6.46. The van der Waals surface area contributed by atoms with E-state index in [1.54, 1.807) is 45.3 Å². The number of nitro benzene ring substituents is 1. The predicted molar refractivity (Wildman–Crippen MR) is 132 cm³/mol. The molecule has 0 saturated carbocycles. The quantitative estimate of drug-likeness (QED) is 0.485. The minimum absolute atomic E-state index is 0.0873. The summed E-state index contributed by atoms with van der Waals surface area (Å²) in [6.07, 6.45) is 4.09. The van der Waals surface area contributed by atoms with E-state index in [4.69, 9.17) is 4.74 Å². The third-order valence-corrected chi connectivity index (χ3v) is 5.41. The number of nitrogens with zero attached hydrogens (tertiary/aromatic N) is 4. The maximum absolute atomic E-state index is 13.3. The molecule has 4 rings (SSSR count). The second-order valence-corrected chi connectivity index (χ2v) is 9.16. The van der Waals surface area contributed by atoms with Crippen LogP contribution >= 0.6 is 0 Å². The summed E-state index contributed by atoms with van der Waals surface area (Å²) in [5, 5.41) is 19.7. The van der Waals surface area contributed by atoms with Crippen LogP contribution in [-0.4, -0.2) is 45.5 Å². The lowest BCUT2D eigenvalue weighted by Gasteiger charge is -2.22. The van der Waals surface area contributed by atoms with Crippen LogP contribution in [-0.2, 0) is 4.74 Å². The smallest absolute Gasteiger partial charge is 0.412 e. The molecule has 0 aliphatic carbocycles. The molecule has 0 saturated heterocycles. The van der Waals surface area contributed by atoms with Crippen LogP contribution in [0, 0.1) is 10.1 Å². The molecule has 0 aromatic heterocycles. The lowest BCUT2D eigenvalue weighted by atomic mass is 9.97. The number of hydrogen-bond acceptors (Lipinski definition) is 7. The molecule has 1 N–H and O–H groups in total. The molecular weight excluding hydrogens is 450 g/mol. The minimum Gasteiger partial charge on any atom is -0.444 e. The van der Waals surface area contributed by atoms with Crippen LogP contribution < -0.4 is 5.32 Å². The number of ether oxygens (including phenoxy) is 1. The van der Waals surface area contributed by atoms with Crippen molar-refractivity contribution >= 4 is 35.3 Å². The zero-order chi connectivity index (χ0) is 25.2. The SMILES string of the molecule is CC(C)(C)OC(=O)Nc1ccc(C2=NN(C(=O)c3ccc([N+](=O)[O-])cc3)C(C3=CN=CC3)C2)cc1. The Labute approximate surface area is 202 Å². The lowest BCUT2D eigenvalue weighted by molar-refractivity contribution is -0.384. The number of nitrogens with one attached hydrogen (secondary N) is 1. The molecule has 35 heavy (non-hydrogen) atoms. The van der Waals surface area contributed by atoms with Crippen LogP contribution in [0.5, 0.6) is 0 Å². The number of nitro groups is 1. The van der Waals surface area contributed by atoms with E-state index in [9.17, 15) is 19.7 Å². The van der Waals surface area contributed by atoms with Crippen molar-refractivity contribution in [1.29, 1.82) is 0 Å². The molecule has 0 bridgehead atoms. The average Bonchev–Trinajstić information content (AvgIpc) is 3.48. The van der Waals surface area contributed by atoms with E-state index >= 15 is 0 Å². The van der Waals surface area contributed by atoms with Crippen molar-refractivity contribution in [3.8, 4) is 0 Å². The number of carbonyl (C=O) groups excluding carboxylic acids is 2. The van der Waals surface area contributed by atoms with Gasteiger partial charge in [-0.25, -0.2) is 9.80 Å². The van der Waals surface area contributed by atoms with E-state index in [1.165, 1.54) is 29.3 Å². The summed E-state index contributed by atoms with van der Waals surface area (Å²) in [4.78, 5) is 39.9. The lowest BCUT2D eigenvalue weighted by Crippen LogP contribution is -2.34. The number of hydrogen-bond donors (Lipinski definition) is 1. The average molecular weight is 476 g/mol. The maximum Gasteiger partial charge on any atom is 0.412 e. The molecule has 180 valence electrons. The van der Waals surface area contributed by atoms with Crippen molar-refractivity contribution in [3.05, 3.63) is 81.5 Å². The number of aliphatic imine (C=N–C) groups is 1. The van der Waals surface area contributed by atoms with Crippen molar-refractivity contribution in [2.24, 2.45) is 10.1 Å². The standard InChI is InChI=1S/C25H25N5O5/c1-25(2,3)35-24(32)27-19-8-4-16(5-9-19)21-14-22(18-12-13-26-15-18)29(28-21)23(31)17-6-10-20(11-7-17)30(33)34/h4-11,13,15,22H,12,14H2,1-3H3,(H,27,32). The number of hydrazone groups is 1. The van der Waals surface area contributed by atoms with Gasteiger partial charge in [0.15, 0.2) is 0 Å². The van der Waals surface area contributed by atoms with Crippen molar-refractivity contribution in [3.63, 3.8) is 0 Å². The first-order chi connectivity index (χ1) is 16.6. The van der Waals surface area contributed by atoms with Gasteiger partial charge in [0.2, 0.25) is 0 Å². The molecular formula is C25H25N5O5. The molecule has 2 aliphatic rings. The predicted octanol–water partition coefficient (Wildman–Crippen LogP) is 4.92. The summed E-state index contributed by atoms with van der Waals surface area (Å²) in [5.74, 6) is -0.351. The number of benzene rings is 2. The van der Waals surface area contributed by atoms with Gasteiger partial charge in [-0.3, -0.25) is 25.2 Å². The Morgan fingerprint density at radius 1 is 1.11 bits per heavy atom. The zero-order valence-electron chi connectivity index (χ0n) is 19.6. The normalized spacial score (nSPS) is 17.1. The molecule has 1 unspecified atom stereocenters. The van der Waals surface area contributed by atoms with Gasteiger partial charge in [0.1, 0.15) is 5.60 Å². The van der Waals surface area contributed by atoms with E-state index in [-0.39, 0.29) is 17.6 Å². The Morgan fingerprint density at radius 3 is 2.37 bits per heavy atom. The molecule has 1 atom stereocenters. The fourth-order valence-electron chi connectivity index (χ4n) is 3.77. The molecule has 2 heterocycles. The van der Waals surface area contributed by atoms with Gasteiger partial charge in [-0.2, -0.15) is 5.10 Å². The molecule has 0 radical (unpaired) electrons. The Balaban J connectivity index is 1.55. The molecule has 10 nitrogen and oxygen atoms in total. The fourth-order valence-corrected chi connectivity index (χ4v) is 3.77. The van der Waals surface area contributed by atoms with Crippen LogP contribution in [0.3, 0.4) is 0 Å². The van der Waals surface area contributed by atoms with Crippen LogP contribution in [0.2, 0.25) is 0 Å². The number of rotatable bonds is 5. The highest BCUT2D eigenvalue weighted by molar-refractivity contribution is 6.05. The molecule has 2 aromatic rings. The molecule has 10 heteroatoms. The van der Waals surface area contributed by atoms with Crippen LogP contribution in [0.25, 0.3) is 0 Å². The number of non-ortho nitro benzene ring substituents is 1. The van der Waals surface area contributed by atoms with E-state index < -0.39 is 16.6 Å². The van der Waals surface area contributed by atoms with Crippen LogP contribution in [0.15, 0.2) is 70.4 Å². The summed E-state index contributed by atoms with van der Waals surface area (Å²) in [7, 11) is 0. The van der Waals surface area contributed by atoms with Gasteiger partial charge >= 0.3 is 6.09 Å². The van der Waals surface area contributed by atoms with Gasteiger partial charge in [-0.05, 0) is 56.2 Å². The van der Waals surface area contributed by atoms with Crippen molar-refractivity contribution in [2.75, 3.05) is 5.32 Å². The summed E-state index contributed by atoms with van der Waals surface area (Å²) in [6.45, 7) is 5.37. The second kappa shape index (κ2) is 9.49. The van der Waals surface area contributed by atoms with Crippen LogP contribution in [0.1, 0.15) is 49.5 Å². The third kappa shape index (κ3) is 5.60. The first-order valence-corrected chi connectivity index (χ1v) is 11.1. The molecule has 2 aliphatic heterocycles. The molecule has 2 amide bonds. The Bertz CT molecular complexity index is 1240. The number of anilines is 1. The van der Waals surface area contributed by atoms with Gasteiger partial charge in [0.25, 0.3) is 11.6 Å². The van der Waals surface area contributed by atoms with Crippen molar-refractivity contribution in [2.45, 2.75) is 45.3 Å². The van der Waals surface area contributed by atoms with E-state index in [0.717, 1.165) is 11.1 Å². The van der Waals surface area contributed by atoms with Crippen molar-refractivity contribution < 1.29 is 19.2 Å². The van der Waals surface area contributed by atoms with Gasteiger partial charge < -0.3 is 4.74 Å². The number of carbonyl (C=O) groups is 2. The summed E-state index contributed by atoms with van der Waals surface area (Å²) < 4.78 is 5.27. The summed E-state index contributed by atoms with van der Waals surface area (Å²) in [6, 6.07) is 12.3. The van der Waals surface area contributed by atoms with Gasteiger partial charge in [-0.15, -0.1) is 0 Å². The maximum atomic E-state index is 13.3. The number of amides is 2. The Hall–Kier alpha value is -4.34. The molecule has 0 spiro atoms. The highest BCUT2D eigenvalue weighted by Crippen LogP contribution is 2.30. The fraction of sp³-hybridized carbons (Fsp3) is 0.280. The van der Waals surface area contributed by atoms with E-state index in [1.807, 2.05) is 12.1 Å². The van der Waals surface area contributed by atoms with Gasteiger partial charge in [0.05, 0.1) is 16.7 Å². The molecule has 2 aromatic carbocycles. The Morgan fingerprint density at radius 2 is 1.80 bits per heavy atom. The highest BCUT2D eigenvalue weighted by atomic mass is 16.6. The largest absolute Gasteiger partial charge is 0.444 e. The van der Waals surface area contributed by atoms with Crippen LogP contribution in [0.4, 0.5) is 16.2 Å². The zero-order valence-corrected chi connectivity index (χ0v) is 19.6. The molecule has 0 fully saturated rings. The minimum atomic E-state index is -0.601. The summed E-state index contributed by atoms with van der Waals surface area (Å²) in [5.41, 5.74) is 2.67. The first kappa shape index (κ1) is 23.8. The second-order valence-electron chi connectivity index (χ2n) is 9.16. The van der Waals surface area contributed by atoms with Crippen molar-refractivity contribution in [1.82, 2.24) is 5.01 Å². The first-order valence-electron chi connectivity index (χ1n) is 11.1.